The Labute approximate surface area is 194 Å². The summed E-state index contributed by atoms with van der Waals surface area (Å²) in [6.07, 6.45) is 0.947. The number of aliphatic hydroxyl groups excluding tert-OH is 2. The summed E-state index contributed by atoms with van der Waals surface area (Å²) in [7, 11) is 0. The zero-order valence-corrected chi connectivity index (χ0v) is 19.0. The number of Topliss-reactive ketones (excluding diaryl/α,β-unsaturated/α-hetero) is 1. The molecule has 1 aromatic heterocycles. The van der Waals surface area contributed by atoms with Gasteiger partial charge in [-0.2, -0.15) is 0 Å². The molecular formula is C26H30N2O5. The molecule has 0 unspecified atom stereocenters. The first-order valence-corrected chi connectivity index (χ1v) is 11.0. The van der Waals surface area contributed by atoms with Crippen LogP contribution in [0.1, 0.15) is 60.6 Å². The lowest BCUT2D eigenvalue weighted by molar-refractivity contribution is -0.122. The van der Waals surface area contributed by atoms with E-state index in [1.54, 1.807) is 37.3 Å². The molecule has 0 saturated heterocycles. The Morgan fingerprint density at radius 2 is 1.79 bits per heavy atom. The van der Waals surface area contributed by atoms with Crippen molar-refractivity contribution in [2.75, 3.05) is 13.2 Å². The molecule has 0 aliphatic rings. The number of hydrogen-bond acceptors (Lipinski definition) is 6. The summed E-state index contributed by atoms with van der Waals surface area (Å²) in [5, 5.41) is 24.3. The van der Waals surface area contributed by atoms with Crippen LogP contribution in [-0.4, -0.2) is 47.2 Å². The van der Waals surface area contributed by atoms with Crippen LogP contribution in [0, 0.1) is 23.7 Å². The predicted molar refractivity (Wildman–Crippen MR) is 125 cm³/mol. The monoisotopic (exact) mass is 450 g/mol. The first kappa shape index (κ1) is 25.9. The van der Waals surface area contributed by atoms with Gasteiger partial charge < -0.3 is 25.3 Å². The molecular weight excluding hydrogens is 420 g/mol. The van der Waals surface area contributed by atoms with Crippen molar-refractivity contribution in [1.82, 2.24) is 10.6 Å². The molecule has 2 rings (SSSR count). The Morgan fingerprint density at radius 1 is 1.06 bits per heavy atom. The zero-order chi connectivity index (χ0) is 24.1. The molecule has 1 amide bonds. The van der Waals surface area contributed by atoms with Crippen LogP contribution in [0.15, 0.2) is 40.8 Å². The highest BCUT2D eigenvalue weighted by atomic mass is 16.3. The van der Waals surface area contributed by atoms with Crippen molar-refractivity contribution in [3.8, 4) is 23.7 Å². The van der Waals surface area contributed by atoms with Crippen LogP contribution in [0.5, 0.6) is 0 Å². The van der Waals surface area contributed by atoms with E-state index in [2.05, 4.69) is 34.3 Å². The Hall–Kier alpha value is -3.36. The van der Waals surface area contributed by atoms with Gasteiger partial charge in [-0.15, -0.1) is 0 Å². The predicted octanol–water partition coefficient (Wildman–Crippen LogP) is 2.00. The van der Waals surface area contributed by atoms with Gasteiger partial charge in [0, 0.05) is 24.2 Å². The molecule has 4 N–H and O–H groups in total. The molecule has 0 saturated carbocycles. The van der Waals surface area contributed by atoms with E-state index in [0.717, 1.165) is 25.1 Å². The fraction of sp³-hybridized carbons (Fsp3) is 0.385. The molecule has 1 heterocycles. The third kappa shape index (κ3) is 8.96. The van der Waals surface area contributed by atoms with Gasteiger partial charge in [-0.3, -0.25) is 9.59 Å². The fourth-order valence-electron chi connectivity index (χ4n) is 2.93. The highest BCUT2D eigenvalue weighted by Crippen LogP contribution is 2.07. The molecule has 0 spiro atoms. The number of hydrogen-bond donors (Lipinski definition) is 4. The van der Waals surface area contributed by atoms with E-state index in [1.165, 1.54) is 6.92 Å². The van der Waals surface area contributed by atoms with Gasteiger partial charge in [0.2, 0.25) is 0 Å². The smallest absolute Gasteiger partial charge is 0.251 e. The first-order chi connectivity index (χ1) is 15.9. The van der Waals surface area contributed by atoms with Crippen molar-refractivity contribution in [3.63, 3.8) is 0 Å². The van der Waals surface area contributed by atoms with Crippen LogP contribution in [-0.2, 0) is 11.3 Å². The summed E-state index contributed by atoms with van der Waals surface area (Å²) in [4.78, 5) is 24.2. The first-order valence-electron chi connectivity index (χ1n) is 11.0. The van der Waals surface area contributed by atoms with Gasteiger partial charge in [0.15, 0.2) is 11.5 Å². The van der Waals surface area contributed by atoms with Crippen molar-refractivity contribution in [3.05, 3.63) is 59.0 Å². The van der Waals surface area contributed by atoms with Crippen molar-refractivity contribution in [2.24, 2.45) is 0 Å². The van der Waals surface area contributed by atoms with Gasteiger partial charge in [-0.25, -0.2) is 0 Å². The molecule has 2 aromatic rings. The maximum Gasteiger partial charge on any atom is 0.251 e. The highest BCUT2D eigenvalue weighted by Gasteiger charge is 2.24. The van der Waals surface area contributed by atoms with Gasteiger partial charge in [0.1, 0.15) is 11.8 Å². The molecule has 0 aliphatic heterocycles. The number of aliphatic hydroxyl groups is 2. The highest BCUT2D eigenvalue weighted by molar-refractivity contribution is 5.98. The lowest BCUT2D eigenvalue weighted by Gasteiger charge is -2.19. The van der Waals surface area contributed by atoms with E-state index in [1.807, 2.05) is 6.07 Å². The lowest BCUT2D eigenvalue weighted by atomic mass is 10.0. The van der Waals surface area contributed by atoms with Gasteiger partial charge >= 0.3 is 0 Å². The van der Waals surface area contributed by atoms with Crippen LogP contribution >= 0.6 is 0 Å². The SMILES string of the molecule is CCC(=O)[C@@H](NC(=O)c1ccc(C#CC#Cc2ccc(CNCCCCO)o2)cc1)[C@H](C)O. The van der Waals surface area contributed by atoms with E-state index in [4.69, 9.17) is 9.52 Å². The minimum Gasteiger partial charge on any atom is -0.451 e. The quantitative estimate of drug-likeness (QED) is 0.308. The average Bonchev–Trinajstić information content (AvgIpc) is 3.27. The summed E-state index contributed by atoms with van der Waals surface area (Å²) in [5.41, 5.74) is 1.05. The Bertz CT molecular complexity index is 1030. The molecule has 0 fully saturated rings. The van der Waals surface area contributed by atoms with Gasteiger partial charge in [0.25, 0.3) is 5.91 Å². The maximum atomic E-state index is 12.4. The zero-order valence-electron chi connectivity index (χ0n) is 19.0. The normalized spacial score (nSPS) is 12.0. The number of amides is 1. The van der Waals surface area contributed by atoms with Gasteiger partial charge in [-0.05, 0) is 80.5 Å². The molecule has 0 aliphatic carbocycles. The third-order valence-electron chi connectivity index (χ3n) is 4.79. The molecule has 2 atom stereocenters. The number of unbranched alkanes of at least 4 members (excludes halogenated alkanes) is 1. The number of carbonyl (C=O) groups excluding carboxylic acids is 2. The summed E-state index contributed by atoms with van der Waals surface area (Å²) in [5.74, 6) is 11.9. The number of ketones is 1. The van der Waals surface area contributed by atoms with Crippen molar-refractivity contribution >= 4 is 11.7 Å². The minimum absolute atomic E-state index is 0.203. The van der Waals surface area contributed by atoms with Crippen LogP contribution in [0.4, 0.5) is 0 Å². The minimum atomic E-state index is -0.969. The van der Waals surface area contributed by atoms with E-state index in [0.29, 0.717) is 23.4 Å². The molecule has 7 nitrogen and oxygen atoms in total. The Balaban J connectivity index is 1.89. The summed E-state index contributed by atoms with van der Waals surface area (Å²) >= 11 is 0. The number of rotatable bonds is 11. The molecule has 0 bridgehead atoms. The number of furan rings is 1. The second-order valence-corrected chi connectivity index (χ2v) is 7.46. The van der Waals surface area contributed by atoms with Crippen LogP contribution in [0.2, 0.25) is 0 Å². The van der Waals surface area contributed by atoms with Crippen LogP contribution in [0.25, 0.3) is 0 Å². The topological polar surface area (TPSA) is 112 Å². The number of benzene rings is 1. The molecule has 174 valence electrons. The van der Waals surface area contributed by atoms with Crippen LogP contribution in [0.3, 0.4) is 0 Å². The average molecular weight is 451 g/mol. The van der Waals surface area contributed by atoms with Gasteiger partial charge in [0.05, 0.1) is 12.6 Å². The maximum absolute atomic E-state index is 12.4. The summed E-state index contributed by atoms with van der Waals surface area (Å²) < 4.78 is 5.62. The van der Waals surface area contributed by atoms with E-state index in [-0.39, 0.29) is 18.8 Å². The van der Waals surface area contributed by atoms with Crippen molar-refractivity contribution < 1.29 is 24.2 Å². The Morgan fingerprint density at radius 3 is 2.45 bits per heavy atom. The second-order valence-electron chi connectivity index (χ2n) is 7.46. The largest absolute Gasteiger partial charge is 0.451 e. The standard InChI is InChI=1S/C26H30N2O5/c1-3-24(31)25(19(2)30)28-26(32)21-12-10-20(11-13-21)8-4-5-9-22-14-15-23(33-22)18-27-16-6-7-17-29/h10-15,19,25,27,29-30H,3,6-7,16-18H2,1-2H3,(H,28,32)/t19-,25-/m0/s1. The molecule has 7 heteroatoms. The van der Waals surface area contributed by atoms with Gasteiger partial charge in [-0.1, -0.05) is 12.8 Å². The summed E-state index contributed by atoms with van der Waals surface area (Å²) in [6.45, 7) is 4.77. The molecule has 0 radical (unpaired) electrons. The Kier molecular flexibility index (Phi) is 10.9. The van der Waals surface area contributed by atoms with Crippen molar-refractivity contribution in [2.45, 2.75) is 51.8 Å². The molecule has 1 aromatic carbocycles. The molecule has 33 heavy (non-hydrogen) atoms. The third-order valence-corrected chi connectivity index (χ3v) is 4.79. The second kappa shape index (κ2) is 13.9. The van der Waals surface area contributed by atoms with E-state index in [9.17, 15) is 14.7 Å². The summed E-state index contributed by atoms with van der Waals surface area (Å²) in [6, 6.07) is 9.31. The number of nitrogens with one attached hydrogen (secondary N) is 2. The number of carbonyl (C=O) groups is 2. The fourth-order valence-corrected chi connectivity index (χ4v) is 2.93. The lowest BCUT2D eigenvalue weighted by Crippen LogP contribution is -2.47. The van der Waals surface area contributed by atoms with Crippen LogP contribution < -0.4 is 10.6 Å². The van der Waals surface area contributed by atoms with E-state index < -0.39 is 18.1 Å². The van der Waals surface area contributed by atoms with Crippen molar-refractivity contribution in [1.29, 1.82) is 0 Å². The van der Waals surface area contributed by atoms with E-state index >= 15 is 0 Å².